The molecule has 1 fully saturated rings. The number of nitrogens with zero attached hydrogens (tertiary/aromatic N) is 1. The molecule has 3 rings (SSSR count). The molecule has 1 aromatic rings. The van der Waals surface area contributed by atoms with E-state index in [1.807, 2.05) is 0 Å². The lowest BCUT2D eigenvalue weighted by Crippen LogP contribution is -2.46. The van der Waals surface area contributed by atoms with Crippen molar-refractivity contribution in [1.29, 1.82) is 0 Å². The van der Waals surface area contributed by atoms with Gasteiger partial charge in [-0.3, -0.25) is 0 Å². The Morgan fingerprint density at radius 2 is 2.12 bits per heavy atom. The summed E-state index contributed by atoms with van der Waals surface area (Å²) in [5, 5.41) is 5.72. The maximum atomic E-state index is 12.3. The zero-order valence-electron chi connectivity index (χ0n) is 14.2. The minimum Gasteiger partial charge on any atom is -0.454 e. The number of likely N-dealkylation sites (tertiary alicyclic amines) is 1. The molecule has 0 spiro atoms. The van der Waals surface area contributed by atoms with Gasteiger partial charge < -0.3 is 29.7 Å². The van der Waals surface area contributed by atoms with Crippen LogP contribution in [0.15, 0.2) is 18.2 Å². The number of hydrogen-bond donors (Lipinski definition) is 2. The Labute approximate surface area is 146 Å². The van der Waals surface area contributed by atoms with E-state index >= 15 is 0 Å². The number of anilines is 1. The SMILES string of the molecule is CCOC(=O)N1CCCCC(NC(=O)Nc2ccc3c(c2)OCO3)C1. The molecular weight excluding hydrogens is 326 g/mol. The lowest BCUT2D eigenvalue weighted by atomic mass is 10.1. The van der Waals surface area contributed by atoms with Crippen LogP contribution in [-0.2, 0) is 4.74 Å². The van der Waals surface area contributed by atoms with Crippen molar-refractivity contribution in [2.75, 3.05) is 31.8 Å². The number of ether oxygens (including phenoxy) is 3. The summed E-state index contributed by atoms with van der Waals surface area (Å²) in [5.74, 6) is 1.28. The summed E-state index contributed by atoms with van der Waals surface area (Å²) in [6.07, 6.45) is 2.35. The lowest BCUT2D eigenvalue weighted by Gasteiger charge is -2.24. The van der Waals surface area contributed by atoms with Gasteiger partial charge in [-0.2, -0.15) is 0 Å². The molecular formula is C17H23N3O5. The molecule has 2 aliphatic rings. The van der Waals surface area contributed by atoms with E-state index in [0.717, 1.165) is 19.3 Å². The van der Waals surface area contributed by atoms with Crippen molar-refractivity contribution in [2.24, 2.45) is 0 Å². The zero-order chi connectivity index (χ0) is 17.6. The molecule has 136 valence electrons. The van der Waals surface area contributed by atoms with Crippen molar-refractivity contribution in [1.82, 2.24) is 10.2 Å². The van der Waals surface area contributed by atoms with Gasteiger partial charge in [0.25, 0.3) is 0 Å². The second-order valence-corrected chi connectivity index (χ2v) is 6.00. The molecule has 0 radical (unpaired) electrons. The fourth-order valence-electron chi connectivity index (χ4n) is 2.97. The predicted octanol–water partition coefficient (Wildman–Crippen LogP) is 2.55. The van der Waals surface area contributed by atoms with Crippen LogP contribution in [0.5, 0.6) is 11.5 Å². The smallest absolute Gasteiger partial charge is 0.409 e. The van der Waals surface area contributed by atoms with Gasteiger partial charge in [0.15, 0.2) is 11.5 Å². The van der Waals surface area contributed by atoms with Crippen LogP contribution in [0.1, 0.15) is 26.2 Å². The molecule has 0 bridgehead atoms. The molecule has 25 heavy (non-hydrogen) atoms. The van der Waals surface area contributed by atoms with Gasteiger partial charge in [-0.05, 0) is 38.3 Å². The molecule has 1 saturated heterocycles. The van der Waals surface area contributed by atoms with E-state index in [1.54, 1.807) is 30.0 Å². The van der Waals surface area contributed by atoms with Crippen LogP contribution >= 0.6 is 0 Å². The summed E-state index contributed by atoms with van der Waals surface area (Å²) in [7, 11) is 0. The average Bonchev–Trinajstić information content (AvgIpc) is 2.92. The minimum absolute atomic E-state index is 0.110. The van der Waals surface area contributed by atoms with E-state index < -0.39 is 0 Å². The molecule has 0 aromatic heterocycles. The summed E-state index contributed by atoms with van der Waals surface area (Å²) >= 11 is 0. The number of amides is 3. The number of carbonyl (C=O) groups excluding carboxylic acids is 2. The highest BCUT2D eigenvalue weighted by atomic mass is 16.7. The Morgan fingerprint density at radius 3 is 2.96 bits per heavy atom. The predicted molar refractivity (Wildman–Crippen MR) is 91.0 cm³/mol. The molecule has 2 N–H and O–H groups in total. The van der Waals surface area contributed by atoms with Crippen LogP contribution < -0.4 is 20.1 Å². The molecule has 0 saturated carbocycles. The second-order valence-electron chi connectivity index (χ2n) is 6.00. The third-order valence-electron chi connectivity index (χ3n) is 4.16. The van der Waals surface area contributed by atoms with E-state index in [4.69, 9.17) is 14.2 Å². The van der Waals surface area contributed by atoms with Crippen molar-refractivity contribution in [3.63, 3.8) is 0 Å². The van der Waals surface area contributed by atoms with Crippen LogP contribution in [0.4, 0.5) is 15.3 Å². The monoisotopic (exact) mass is 349 g/mol. The van der Waals surface area contributed by atoms with Crippen LogP contribution in [-0.4, -0.2) is 49.6 Å². The number of hydrogen-bond acceptors (Lipinski definition) is 5. The summed E-state index contributed by atoms with van der Waals surface area (Å²) in [6, 6.07) is 4.81. The molecule has 8 nitrogen and oxygen atoms in total. The van der Waals surface area contributed by atoms with Crippen LogP contribution in [0.25, 0.3) is 0 Å². The molecule has 2 heterocycles. The van der Waals surface area contributed by atoms with E-state index in [1.165, 1.54) is 0 Å². The lowest BCUT2D eigenvalue weighted by molar-refractivity contribution is 0.106. The molecule has 8 heteroatoms. The van der Waals surface area contributed by atoms with Gasteiger partial charge >= 0.3 is 12.1 Å². The van der Waals surface area contributed by atoms with Gasteiger partial charge in [-0.15, -0.1) is 0 Å². The number of rotatable bonds is 3. The summed E-state index contributed by atoms with van der Waals surface area (Å²) in [5.41, 5.74) is 0.623. The third-order valence-corrected chi connectivity index (χ3v) is 4.16. The fraction of sp³-hybridized carbons (Fsp3) is 0.529. The first kappa shape index (κ1) is 17.2. The molecule has 0 aliphatic carbocycles. The molecule has 1 unspecified atom stereocenters. The largest absolute Gasteiger partial charge is 0.454 e. The van der Waals surface area contributed by atoms with E-state index in [-0.39, 0.29) is 25.0 Å². The topological polar surface area (TPSA) is 89.1 Å². The van der Waals surface area contributed by atoms with Gasteiger partial charge in [0.1, 0.15) is 0 Å². The van der Waals surface area contributed by atoms with Gasteiger partial charge in [0, 0.05) is 30.9 Å². The quantitative estimate of drug-likeness (QED) is 0.875. The summed E-state index contributed by atoms with van der Waals surface area (Å²) in [6.45, 7) is 3.42. The first-order valence-electron chi connectivity index (χ1n) is 8.54. The Hall–Kier alpha value is -2.64. The van der Waals surface area contributed by atoms with Crippen LogP contribution in [0.2, 0.25) is 0 Å². The maximum Gasteiger partial charge on any atom is 0.409 e. The van der Waals surface area contributed by atoms with Crippen LogP contribution in [0, 0.1) is 0 Å². The highest BCUT2D eigenvalue weighted by Crippen LogP contribution is 2.34. The number of nitrogens with one attached hydrogen (secondary N) is 2. The van der Waals surface area contributed by atoms with Crippen molar-refractivity contribution >= 4 is 17.8 Å². The number of carbonyl (C=O) groups is 2. The summed E-state index contributed by atoms with van der Waals surface area (Å²) < 4.78 is 15.6. The maximum absolute atomic E-state index is 12.3. The van der Waals surface area contributed by atoms with E-state index in [0.29, 0.717) is 36.9 Å². The number of fused-ring (bicyclic) bond motifs is 1. The first-order valence-corrected chi connectivity index (χ1v) is 8.54. The molecule has 1 aromatic carbocycles. The van der Waals surface area contributed by atoms with Gasteiger partial charge in [-0.1, -0.05) is 0 Å². The van der Waals surface area contributed by atoms with Crippen molar-refractivity contribution in [3.05, 3.63) is 18.2 Å². The van der Waals surface area contributed by atoms with Gasteiger partial charge in [0.05, 0.1) is 6.61 Å². The van der Waals surface area contributed by atoms with Crippen LogP contribution in [0.3, 0.4) is 0 Å². The van der Waals surface area contributed by atoms with Gasteiger partial charge in [-0.25, -0.2) is 9.59 Å². The van der Waals surface area contributed by atoms with Crippen molar-refractivity contribution in [2.45, 2.75) is 32.2 Å². The average molecular weight is 349 g/mol. The normalized spacial score (nSPS) is 19.1. The first-order chi connectivity index (χ1) is 12.2. The Balaban J connectivity index is 1.55. The Morgan fingerprint density at radius 1 is 1.28 bits per heavy atom. The minimum atomic E-state index is -0.327. The number of benzene rings is 1. The molecule has 1 atom stereocenters. The van der Waals surface area contributed by atoms with Gasteiger partial charge in [0.2, 0.25) is 6.79 Å². The van der Waals surface area contributed by atoms with Crippen molar-refractivity contribution < 1.29 is 23.8 Å². The Bertz CT molecular complexity index is 637. The number of urea groups is 1. The van der Waals surface area contributed by atoms with E-state index in [9.17, 15) is 9.59 Å². The standard InChI is InChI=1S/C17H23N3O5/c1-2-23-17(22)20-8-4-3-5-13(10-20)19-16(21)18-12-6-7-14-15(9-12)25-11-24-14/h6-7,9,13H,2-5,8,10-11H2,1H3,(H2,18,19,21). The van der Waals surface area contributed by atoms with E-state index in [2.05, 4.69) is 10.6 Å². The molecule has 3 amide bonds. The summed E-state index contributed by atoms with van der Waals surface area (Å²) in [4.78, 5) is 25.9. The molecule has 2 aliphatic heterocycles. The van der Waals surface area contributed by atoms with Crippen molar-refractivity contribution in [3.8, 4) is 11.5 Å². The third kappa shape index (κ3) is 4.46. The zero-order valence-corrected chi connectivity index (χ0v) is 14.2. The second kappa shape index (κ2) is 7.96. The fourth-order valence-corrected chi connectivity index (χ4v) is 2.97. The Kier molecular flexibility index (Phi) is 5.47. The highest BCUT2D eigenvalue weighted by molar-refractivity contribution is 5.90. The highest BCUT2D eigenvalue weighted by Gasteiger charge is 2.24.